The molecule has 0 aliphatic carbocycles. The molecule has 0 amide bonds. The SMILES string of the molecule is c1ccc(-c2ccc(-c3ccc(N(c4ccc5cc(-c6cccc(-c7cc8ccccc8o7)c6)ccc5c4)c4cccc5ccccc45)cc3)cc2)cc1. The van der Waals surface area contributed by atoms with E-state index in [4.69, 9.17) is 4.42 Å². The molecule has 0 bridgehead atoms. The molecular formula is C52H35NO. The fraction of sp³-hybridized carbons (Fsp3) is 0. The highest BCUT2D eigenvalue weighted by atomic mass is 16.3. The highest BCUT2D eigenvalue weighted by Gasteiger charge is 2.17. The number of para-hydroxylation sites is 1. The van der Waals surface area contributed by atoms with Gasteiger partial charge in [-0.15, -0.1) is 0 Å². The first kappa shape index (κ1) is 31.6. The van der Waals surface area contributed by atoms with E-state index in [1.165, 1.54) is 49.4 Å². The monoisotopic (exact) mass is 689 g/mol. The molecule has 54 heavy (non-hydrogen) atoms. The minimum Gasteiger partial charge on any atom is -0.456 e. The number of furan rings is 1. The van der Waals surface area contributed by atoms with Crippen molar-refractivity contribution in [1.29, 1.82) is 0 Å². The molecule has 1 heterocycles. The summed E-state index contributed by atoms with van der Waals surface area (Å²) in [6.45, 7) is 0. The van der Waals surface area contributed by atoms with Crippen molar-refractivity contribution in [2.24, 2.45) is 0 Å². The fourth-order valence-corrected chi connectivity index (χ4v) is 7.65. The Balaban J connectivity index is 1.01. The molecule has 0 aliphatic rings. The van der Waals surface area contributed by atoms with Crippen molar-refractivity contribution in [3.8, 4) is 44.7 Å². The maximum absolute atomic E-state index is 6.19. The summed E-state index contributed by atoms with van der Waals surface area (Å²) in [6.07, 6.45) is 0. The highest BCUT2D eigenvalue weighted by Crippen LogP contribution is 2.41. The van der Waals surface area contributed by atoms with Gasteiger partial charge in [0.15, 0.2) is 0 Å². The predicted molar refractivity (Wildman–Crippen MR) is 228 cm³/mol. The quantitative estimate of drug-likeness (QED) is 0.166. The first-order chi connectivity index (χ1) is 26.7. The van der Waals surface area contributed by atoms with Gasteiger partial charge in [-0.25, -0.2) is 0 Å². The summed E-state index contributed by atoms with van der Waals surface area (Å²) in [6, 6.07) is 76.0. The molecule has 0 fully saturated rings. The third-order valence-corrected chi connectivity index (χ3v) is 10.4. The molecule has 0 radical (unpaired) electrons. The second kappa shape index (κ2) is 13.4. The molecule has 0 spiro atoms. The zero-order valence-electron chi connectivity index (χ0n) is 29.6. The van der Waals surface area contributed by atoms with Crippen molar-refractivity contribution in [1.82, 2.24) is 0 Å². The summed E-state index contributed by atoms with van der Waals surface area (Å²) in [5, 5.41) is 5.91. The number of hydrogen-bond acceptors (Lipinski definition) is 2. The lowest BCUT2D eigenvalue weighted by atomic mass is 9.98. The Morgan fingerprint density at radius 1 is 0.296 bits per heavy atom. The number of benzene rings is 9. The van der Waals surface area contributed by atoms with Crippen LogP contribution in [0.1, 0.15) is 0 Å². The van der Waals surface area contributed by atoms with Crippen molar-refractivity contribution in [3.63, 3.8) is 0 Å². The standard InChI is InChI=1S/C52H35NO/c1-2-10-36(11-3-1)37-20-22-38(23-21-37)39-26-29-47(30-27-39)53(50-18-9-14-40-12-4-6-17-49(40)50)48-31-28-43-32-42(24-25-44(43)34-48)41-15-8-16-45(33-41)52-35-46-13-5-7-19-51(46)54-52/h1-35H. The third-order valence-electron chi connectivity index (χ3n) is 10.4. The molecule has 0 N–H and O–H groups in total. The van der Waals surface area contributed by atoms with Gasteiger partial charge in [-0.3, -0.25) is 0 Å². The lowest BCUT2D eigenvalue weighted by molar-refractivity contribution is 0.631. The summed E-state index contributed by atoms with van der Waals surface area (Å²) < 4.78 is 6.19. The molecule has 0 saturated carbocycles. The van der Waals surface area contributed by atoms with E-state index in [0.29, 0.717) is 0 Å². The van der Waals surface area contributed by atoms with Crippen LogP contribution in [0, 0.1) is 0 Å². The normalized spacial score (nSPS) is 11.3. The Kier molecular flexibility index (Phi) is 7.85. The molecule has 10 rings (SSSR count). The molecule has 1 aromatic heterocycles. The number of fused-ring (bicyclic) bond motifs is 3. The second-order valence-electron chi connectivity index (χ2n) is 13.8. The fourth-order valence-electron chi connectivity index (χ4n) is 7.65. The Morgan fingerprint density at radius 3 is 1.63 bits per heavy atom. The summed E-state index contributed by atoms with van der Waals surface area (Å²) in [7, 11) is 0. The Morgan fingerprint density at radius 2 is 0.833 bits per heavy atom. The molecule has 2 nitrogen and oxygen atoms in total. The topological polar surface area (TPSA) is 16.4 Å². The predicted octanol–water partition coefficient (Wildman–Crippen LogP) is 14.9. The van der Waals surface area contributed by atoms with Crippen LogP contribution in [0.25, 0.3) is 77.2 Å². The average molecular weight is 690 g/mol. The average Bonchev–Trinajstić information content (AvgIpc) is 3.69. The lowest BCUT2D eigenvalue weighted by Gasteiger charge is -2.27. The number of nitrogens with zero attached hydrogens (tertiary/aromatic N) is 1. The van der Waals surface area contributed by atoms with Gasteiger partial charge in [0.25, 0.3) is 0 Å². The minimum atomic E-state index is 0.881. The zero-order valence-corrected chi connectivity index (χ0v) is 29.6. The molecule has 254 valence electrons. The Bertz CT molecular complexity index is 2880. The number of anilines is 3. The van der Waals surface area contributed by atoms with Crippen molar-refractivity contribution in [3.05, 3.63) is 212 Å². The van der Waals surface area contributed by atoms with Crippen LogP contribution in [0.15, 0.2) is 217 Å². The van der Waals surface area contributed by atoms with Crippen LogP contribution >= 0.6 is 0 Å². The minimum absolute atomic E-state index is 0.881. The second-order valence-corrected chi connectivity index (χ2v) is 13.8. The van der Waals surface area contributed by atoms with E-state index >= 15 is 0 Å². The maximum Gasteiger partial charge on any atom is 0.135 e. The van der Waals surface area contributed by atoms with Crippen LogP contribution < -0.4 is 4.90 Å². The van der Waals surface area contributed by atoms with Crippen LogP contribution in [0.2, 0.25) is 0 Å². The van der Waals surface area contributed by atoms with Crippen molar-refractivity contribution in [2.75, 3.05) is 4.90 Å². The largest absolute Gasteiger partial charge is 0.456 e. The van der Waals surface area contributed by atoms with E-state index in [2.05, 4.69) is 199 Å². The first-order valence-corrected chi connectivity index (χ1v) is 18.4. The zero-order chi connectivity index (χ0) is 35.8. The van der Waals surface area contributed by atoms with E-state index in [0.717, 1.165) is 44.9 Å². The van der Waals surface area contributed by atoms with Crippen molar-refractivity contribution < 1.29 is 4.42 Å². The van der Waals surface area contributed by atoms with Gasteiger partial charge in [0, 0.05) is 27.7 Å². The molecule has 10 aromatic rings. The molecular weight excluding hydrogens is 655 g/mol. The molecule has 0 atom stereocenters. The van der Waals surface area contributed by atoms with Gasteiger partial charge >= 0.3 is 0 Å². The van der Waals surface area contributed by atoms with E-state index in [1.54, 1.807) is 0 Å². The number of hydrogen-bond donors (Lipinski definition) is 0. The van der Waals surface area contributed by atoms with E-state index < -0.39 is 0 Å². The van der Waals surface area contributed by atoms with Crippen LogP contribution in [0.5, 0.6) is 0 Å². The van der Waals surface area contributed by atoms with Crippen LogP contribution in [0.4, 0.5) is 17.1 Å². The summed E-state index contributed by atoms with van der Waals surface area (Å²) >= 11 is 0. The van der Waals surface area contributed by atoms with Gasteiger partial charge in [-0.05, 0) is 104 Å². The van der Waals surface area contributed by atoms with Gasteiger partial charge in [0.1, 0.15) is 11.3 Å². The van der Waals surface area contributed by atoms with Gasteiger partial charge in [-0.2, -0.15) is 0 Å². The Hall–Kier alpha value is -7.16. The van der Waals surface area contributed by atoms with Gasteiger partial charge in [-0.1, -0.05) is 158 Å². The first-order valence-electron chi connectivity index (χ1n) is 18.4. The lowest BCUT2D eigenvalue weighted by Crippen LogP contribution is -2.10. The molecule has 0 aliphatic heterocycles. The highest BCUT2D eigenvalue weighted by molar-refractivity contribution is 6.00. The van der Waals surface area contributed by atoms with E-state index in [1.807, 2.05) is 18.2 Å². The van der Waals surface area contributed by atoms with Gasteiger partial charge in [0.05, 0.1) is 5.69 Å². The van der Waals surface area contributed by atoms with Crippen molar-refractivity contribution >= 4 is 49.6 Å². The van der Waals surface area contributed by atoms with Crippen molar-refractivity contribution in [2.45, 2.75) is 0 Å². The number of rotatable bonds is 7. The van der Waals surface area contributed by atoms with E-state index in [9.17, 15) is 0 Å². The summed E-state index contributed by atoms with van der Waals surface area (Å²) in [4.78, 5) is 2.38. The smallest absolute Gasteiger partial charge is 0.135 e. The summed E-state index contributed by atoms with van der Waals surface area (Å²) in [5.74, 6) is 0.881. The van der Waals surface area contributed by atoms with Crippen LogP contribution in [-0.4, -0.2) is 0 Å². The molecule has 2 heteroatoms. The Labute approximate surface area is 314 Å². The maximum atomic E-state index is 6.19. The molecule has 0 saturated heterocycles. The van der Waals surface area contributed by atoms with Crippen LogP contribution in [-0.2, 0) is 0 Å². The van der Waals surface area contributed by atoms with Crippen LogP contribution in [0.3, 0.4) is 0 Å². The van der Waals surface area contributed by atoms with Gasteiger partial charge in [0.2, 0.25) is 0 Å². The summed E-state index contributed by atoms with van der Waals surface area (Å²) in [5.41, 5.74) is 12.5. The van der Waals surface area contributed by atoms with E-state index in [-0.39, 0.29) is 0 Å². The van der Waals surface area contributed by atoms with Gasteiger partial charge < -0.3 is 9.32 Å². The molecule has 0 unspecified atom stereocenters. The molecule has 9 aromatic carbocycles. The third kappa shape index (κ3) is 5.90.